The third kappa shape index (κ3) is 4.84. The van der Waals surface area contributed by atoms with Crippen LogP contribution in [0.1, 0.15) is 5.56 Å². The average molecular weight is 340 g/mol. The number of methoxy groups -OCH3 is 2. The van der Waals surface area contributed by atoms with Gasteiger partial charge in [0.05, 0.1) is 14.2 Å². The van der Waals surface area contributed by atoms with Gasteiger partial charge in [-0.2, -0.15) is 0 Å². The number of amides is 2. The molecule has 0 saturated carbocycles. The first kappa shape index (κ1) is 18.1. The van der Waals surface area contributed by atoms with E-state index >= 15 is 0 Å². The minimum atomic E-state index is -0.462. The molecule has 0 aliphatic carbocycles. The van der Waals surface area contributed by atoms with Crippen LogP contribution in [0.4, 0.5) is 16.2 Å². The van der Waals surface area contributed by atoms with Gasteiger partial charge in [-0.1, -0.05) is 18.2 Å². The quantitative estimate of drug-likeness (QED) is 0.845. The van der Waals surface area contributed by atoms with Crippen LogP contribution in [0.2, 0.25) is 0 Å². The summed E-state index contributed by atoms with van der Waals surface area (Å²) >= 11 is 0. The zero-order valence-electron chi connectivity index (χ0n) is 14.4. The van der Waals surface area contributed by atoms with E-state index in [0.29, 0.717) is 17.1 Å². The molecule has 6 nitrogen and oxygen atoms in total. The van der Waals surface area contributed by atoms with Crippen LogP contribution in [-0.2, 0) is 9.53 Å². The SMILES string of the molecule is COC(=O)N(C)c1ccc(NC(=O)/C=C\c2ccccc2OC)cc1. The summed E-state index contributed by atoms with van der Waals surface area (Å²) in [5.41, 5.74) is 2.10. The summed E-state index contributed by atoms with van der Waals surface area (Å²) in [6, 6.07) is 14.3. The highest BCUT2D eigenvalue weighted by molar-refractivity contribution is 6.02. The van der Waals surface area contributed by atoms with Crippen molar-refractivity contribution in [3.05, 3.63) is 60.2 Å². The summed E-state index contributed by atoms with van der Waals surface area (Å²) in [6.07, 6.45) is 2.66. The minimum Gasteiger partial charge on any atom is -0.496 e. The summed E-state index contributed by atoms with van der Waals surface area (Å²) in [5.74, 6) is 0.432. The molecule has 1 N–H and O–H groups in total. The maximum Gasteiger partial charge on any atom is 0.413 e. The number of para-hydroxylation sites is 1. The zero-order valence-corrected chi connectivity index (χ0v) is 14.4. The molecular weight excluding hydrogens is 320 g/mol. The Morgan fingerprint density at radius 3 is 2.36 bits per heavy atom. The molecule has 0 spiro atoms. The summed E-state index contributed by atoms with van der Waals surface area (Å²) in [7, 11) is 4.51. The van der Waals surface area contributed by atoms with Crippen molar-refractivity contribution in [1.82, 2.24) is 0 Å². The van der Waals surface area contributed by atoms with Gasteiger partial charge in [0.25, 0.3) is 0 Å². The minimum absolute atomic E-state index is 0.264. The van der Waals surface area contributed by atoms with E-state index in [4.69, 9.17) is 4.74 Å². The molecular formula is C19H20N2O4. The lowest BCUT2D eigenvalue weighted by Gasteiger charge is -2.15. The van der Waals surface area contributed by atoms with Gasteiger partial charge in [-0.15, -0.1) is 0 Å². The number of nitrogens with zero attached hydrogens (tertiary/aromatic N) is 1. The van der Waals surface area contributed by atoms with E-state index in [2.05, 4.69) is 10.1 Å². The van der Waals surface area contributed by atoms with E-state index < -0.39 is 6.09 Å². The van der Waals surface area contributed by atoms with E-state index in [-0.39, 0.29) is 5.91 Å². The van der Waals surface area contributed by atoms with E-state index in [9.17, 15) is 9.59 Å². The van der Waals surface area contributed by atoms with Crippen LogP contribution >= 0.6 is 0 Å². The number of carbonyl (C=O) groups is 2. The van der Waals surface area contributed by atoms with Crippen molar-refractivity contribution in [2.24, 2.45) is 0 Å². The van der Waals surface area contributed by atoms with Gasteiger partial charge in [0, 0.05) is 30.1 Å². The first-order chi connectivity index (χ1) is 12.0. The third-order valence-electron chi connectivity index (χ3n) is 3.52. The van der Waals surface area contributed by atoms with Gasteiger partial charge in [0.1, 0.15) is 5.75 Å². The van der Waals surface area contributed by atoms with Gasteiger partial charge in [0.15, 0.2) is 0 Å². The molecule has 0 fully saturated rings. The Hall–Kier alpha value is -3.28. The fourth-order valence-electron chi connectivity index (χ4n) is 2.16. The Morgan fingerprint density at radius 2 is 1.72 bits per heavy atom. The molecule has 6 heteroatoms. The summed E-state index contributed by atoms with van der Waals surface area (Å²) in [4.78, 5) is 24.9. The summed E-state index contributed by atoms with van der Waals surface area (Å²) < 4.78 is 9.89. The number of rotatable bonds is 5. The van der Waals surface area contributed by atoms with Crippen molar-refractivity contribution in [3.8, 4) is 5.75 Å². The Kier molecular flexibility index (Phi) is 6.17. The van der Waals surface area contributed by atoms with Crippen LogP contribution < -0.4 is 15.0 Å². The van der Waals surface area contributed by atoms with Crippen molar-refractivity contribution in [1.29, 1.82) is 0 Å². The first-order valence-corrected chi connectivity index (χ1v) is 7.59. The lowest BCUT2D eigenvalue weighted by molar-refractivity contribution is -0.111. The van der Waals surface area contributed by atoms with Crippen LogP contribution in [0.25, 0.3) is 6.08 Å². The second-order valence-electron chi connectivity index (χ2n) is 5.14. The fraction of sp³-hybridized carbons (Fsp3) is 0.158. The fourth-order valence-corrected chi connectivity index (χ4v) is 2.16. The van der Waals surface area contributed by atoms with E-state index in [0.717, 1.165) is 5.56 Å². The molecule has 2 rings (SSSR count). The molecule has 0 radical (unpaired) electrons. The van der Waals surface area contributed by atoms with Gasteiger partial charge in [-0.25, -0.2) is 4.79 Å². The highest BCUT2D eigenvalue weighted by Gasteiger charge is 2.10. The Balaban J connectivity index is 2.01. The Labute approximate surface area is 146 Å². The molecule has 0 aromatic heterocycles. The first-order valence-electron chi connectivity index (χ1n) is 7.59. The van der Waals surface area contributed by atoms with Gasteiger partial charge in [0.2, 0.25) is 5.91 Å². The molecule has 2 amide bonds. The number of hydrogen-bond donors (Lipinski definition) is 1. The second kappa shape index (κ2) is 8.54. The number of nitrogens with one attached hydrogen (secondary N) is 1. The predicted octanol–water partition coefficient (Wildman–Crippen LogP) is 3.55. The highest BCUT2D eigenvalue weighted by atomic mass is 16.5. The predicted molar refractivity (Wildman–Crippen MR) is 97.9 cm³/mol. The van der Waals surface area contributed by atoms with Gasteiger partial charge in [-0.05, 0) is 36.4 Å². The zero-order chi connectivity index (χ0) is 18.2. The van der Waals surface area contributed by atoms with Crippen LogP contribution in [0, 0.1) is 0 Å². The highest BCUT2D eigenvalue weighted by Crippen LogP contribution is 2.19. The third-order valence-corrected chi connectivity index (χ3v) is 3.52. The van der Waals surface area contributed by atoms with Crippen molar-refractivity contribution in [2.75, 3.05) is 31.5 Å². The largest absolute Gasteiger partial charge is 0.496 e. The smallest absolute Gasteiger partial charge is 0.413 e. The van der Waals surface area contributed by atoms with Crippen LogP contribution in [-0.4, -0.2) is 33.3 Å². The maximum atomic E-state index is 12.0. The molecule has 0 unspecified atom stereocenters. The molecule has 130 valence electrons. The number of carbonyl (C=O) groups excluding carboxylic acids is 2. The molecule has 0 aliphatic heterocycles. The molecule has 0 bridgehead atoms. The van der Waals surface area contributed by atoms with Crippen molar-refractivity contribution in [2.45, 2.75) is 0 Å². The molecule has 0 atom stereocenters. The van der Waals surface area contributed by atoms with Crippen molar-refractivity contribution >= 4 is 29.5 Å². The molecule has 0 aliphatic rings. The normalized spacial score (nSPS) is 10.4. The van der Waals surface area contributed by atoms with E-state index in [1.165, 1.54) is 18.1 Å². The van der Waals surface area contributed by atoms with Gasteiger partial charge >= 0.3 is 6.09 Å². The molecule has 2 aromatic rings. The van der Waals surface area contributed by atoms with Crippen LogP contribution in [0.3, 0.4) is 0 Å². The standard InChI is InChI=1S/C19H20N2O4/c1-21(19(23)25-3)16-11-9-15(10-12-16)20-18(22)13-8-14-6-4-5-7-17(14)24-2/h4-13H,1-3H3,(H,20,22)/b13-8-. The monoisotopic (exact) mass is 340 g/mol. The van der Waals surface area contributed by atoms with Crippen LogP contribution in [0.15, 0.2) is 54.6 Å². The topological polar surface area (TPSA) is 67.9 Å². The van der Waals surface area contributed by atoms with E-state index in [1.54, 1.807) is 44.5 Å². The molecule has 0 saturated heterocycles. The van der Waals surface area contributed by atoms with Crippen molar-refractivity contribution < 1.29 is 19.1 Å². The van der Waals surface area contributed by atoms with Crippen LogP contribution in [0.5, 0.6) is 5.75 Å². The van der Waals surface area contributed by atoms with E-state index in [1.807, 2.05) is 24.3 Å². The lowest BCUT2D eigenvalue weighted by atomic mass is 10.2. The molecule has 2 aromatic carbocycles. The van der Waals surface area contributed by atoms with Crippen molar-refractivity contribution in [3.63, 3.8) is 0 Å². The maximum absolute atomic E-state index is 12.0. The number of benzene rings is 2. The lowest BCUT2D eigenvalue weighted by Crippen LogP contribution is -2.25. The Morgan fingerprint density at radius 1 is 1.04 bits per heavy atom. The van der Waals surface area contributed by atoms with Gasteiger partial charge in [-0.3, -0.25) is 9.69 Å². The second-order valence-corrected chi connectivity index (χ2v) is 5.14. The molecule has 0 heterocycles. The summed E-state index contributed by atoms with van der Waals surface area (Å²) in [5, 5.41) is 2.76. The number of ether oxygens (including phenoxy) is 2. The number of anilines is 2. The summed E-state index contributed by atoms with van der Waals surface area (Å²) in [6.45, 7) is 0. The average Bonchev–Trinajstić information content (AvgIpc) is 2.66. The Bertz CT molecular complexity index is 769. The molecule has 25 heavy (non-hydrogen) atoms. The number of hydrogen-bond acceptors (Lipinski definition) is 4. The van der Waals surface area contributed by atoms with Gasteiger partial charge < -0.3 is 14.8 Å².